The highest BCUT2D eigenvalue weighted by Gasteiger charge is 2.15. The fraction of sp³-hybridized carbons (Fsp3) is 0.667. The molecule has 0 aliphatic carbocycles. The van der Waals surface area contributed by atoms with Gasteiger partial charge in [0.1, 0.15) is 0 Å². The molecule has 0 unspecified atom stereocenters. The zero-order valence-electron chi connectivity index (χ0n) is 4.70. The van der Waals surface area contributed by atoms with Crippen LogP contribution in [0.25, 0.3) is 0 Å². The Balaban J connectivity index is 2.27. The van der Waals surface area contributed by atoms with Crippen LogP contribution >= 0.6 is 0 Å². The van der Waals surface area contributed by atoms with Gasteiger partial charge in [0.25, 0.3) is 0 Å². The molecule has 0 aromatic heterocycles. The molecule has 1 fully saturated rings. The number of hydrogen-bond donors (Lipinski definition) is 1. The summed E-state index contributed by atoms with van der Waals surface area (Å²) in [7, 11) is 0. The predicted molar refractivity (Wildman–Crippen MR) is 31.2 cm³/mol. The average Bonchev–Trinajstić information content (AvgIpc) is 1.23. The first-order valence-electron chi connectivity index (χ1n) is 2.67. The summed E-state index contributed by atoms with van der Waals surface area (Å²) in [5.74, 6) is 0.778. The molecule has 0 atom stereocenters. The minimum absolute atomic E-state index is 0.778. The van der Waals surface area contributed by atoms with Crippen LogP contribution in [-0.4, -0.2) is 13.1 Å². The lowest BCUT2D eigenvalue weighted by Gasteiger charge is -2.26. The molecule has 1 heteroatoms. The van der Waals surface area contributed by atoms with Gasteiger partial charge in [-0.2, -0.15) is 0 Å². The van der Waals surface area contributed by atoms with Crippen molar-refractivity contribution in [2.75, 3.05) is 13.1 Å². The van der Waals surface area contributed by atoms with Crippen LogP contribution in [0.1, 0.15) is 6.92 Å². The van der Waals surface area contributed by atoms with Crippen molar-refractivity contribution in [1.82, 2.24) is 5.32 Å². The summed E-state index contributed by atoms with van der Waals surface area (Å²) in [6.07, 6.45) is 0. The summed E-state index contributed by atoms with van der Waals surface area (Å²) >= 11 is 0. The van der Waals surface area contributed by atoms with Gasteiger partial charge in [-0.15, -0.1) is 0 Å². The molecule has 0 amide bonds. The fourth-order valence-corrected chi connectivity index (χ4v) is 0.637. The lowest BCUT2D eigenvalue weighted by atomic mass is 9.96. The first-order chi connectivity index (χ1) is 3.30. The van der Waals surface area contributed by atoms with Gasteiger partial charge in [0.15, 0.2) is 0 Å². The topological polar surface area (TPSA) is 12.0 Å². The van der Waals surface area contributed by atoms with Crippen LogP contribution in [0.3, 0.4) is 0 Å². The van der Waals surface area contributed by atoms with E-state index >= 15 is 0 Å². The Morgan fingerprint density at radius 1 is 1.71 bits per heavy atom. The van der Waals surface area contributed by atoms with Crippen LogP contribution in [0.4, 0.5) is 0 Å². The van der Waals surface area contributed by atoms with E-state index in [2.05, 4.69) is 18.8 Å². The summed E-state index contributed by atoms with van der Waals surface area (Å²) in [5.41, 5.74) is 1.32. The number of nitrogens with one attached hydrogen (secondary N) is 1. The molecule has 40 valence electrons. The van der Waals surface area contributed by atoms with Gasteiger partial charge in [0.2, 0.25) is 0 Å². The zero-order valence-corrected chi connectivity index (χ0v) is 4.70. The minimum atomic E-state index is 0.778. The van der Waals surface area contributed by atoms with Crippen molar-refractivity contribution in [2.45, 2.75) is 6.92 Å². The van der Waals surface area contributed by atoms with Gasteiger partial charge < -0.3 is 5.32 Å². The molecule has 0 aromatic rings. The Kier molecular flexibility index (Phi) is 1.15. The smallest absolute Gasteiger partial charge is 0.00419 e. The van der Waals surface area contributed by atoms with Gasteiger partial charge in [-0.1, -0.05) is 12.2 Å². The first-order valence-corrected chi connectivity index (χ1v) is 2.67. The highest BCUT2D eigenvalue weighted by atomic mass is 14.9. The quantitative estimate of drug-likeness (QED) is 0.477. The van der Waals surface area contributed by atoms with E-state index in [0.717, 1.165) is 19.0 Å². The van der Waals surface area contributed by atoms with Gasteiger partial charge in [-0.05, 0) is 6.92 Å². The van der Waals surface area contributed by atoms with Crippen LogP contribution in [0.15, 0.2) is 12.2 Å². The maximum atomic E-state index is 3.84. The standard InChI is InChI=1S/C6H11N/c1-5(2)6-3-7-4-6/h6-7H,1,3-4H2,2H3. The molecule has 1 aliphatic heterocycles. The Labute approximate surface area is 44.4 Å². The zero-order chi connectivity index (χ0) is 5.28. The Bertz CT molecular complexity index is 82.2. The largest absolute Gasteiger partial charge is 0.315 e. The van der Waals surface area contributed by atoms with Crippen molar-refractivity contribution >= 4 is 0 Å². The predicted octanol–water partition coefficient (Wildman–Crippen LogP) is 0.782. The summed E-state index contributed by atoms with van der Waals surface area (Å²) in [6, 6.07) is 0. The van der Waals surface area contributed by atoms with Crippen molar-refractivity contribution in [3.8, 4) is 0 Å². The van der Waals surface area contributed by atoms with Crippen molar-refractivity contribution in [3.05, 3.63) is 12.2 Å². The number of rotatable bonds is 1. The highest BCUT2D eigenvalue weighted by Crippen LogP contribution is 2.11. The Morgan fingerprint density at radius 3 is 2.29 bits per heavy atom. The summed E-state index contributed by atoms with van der Waals surface area (Å²) in [4.78, 5) is 0. The molecule has 1 saturated heterocycles. The van der Waals surface area contributed by atoms with Gasteiger partial charge >= 0.3 is 0 Å². The third-order valence-corrected chi connectivity index (χ3v) is 1.48. The Hall–Kier alpha value is -0.300. The van der Waals surface area contributed by atoms with Crippen molar-refractivity contribution in [1.29, 1.82) is 0 Å². The van der Waals surface area contributed by atoms with Gasteiger partial charge in [0, 0.05) is 19.0 Å². The maximum Gasteiger partial charge on any atom is 0.00419 e. The lowest BCUT2D eigenvalue weighted by molar-refractivity contribution is 0.400. The van der Waals surface area contributed by atoms with E-state index in [9.17, 15) is 0 Å². The molecule has 1 N–H and O–H groups in total. The molecule has 0 spiro atoms. The van der Waals surface area contributed by atoms with E-state index in [4.69, 9.17) is 0 Å². The molecule has 0 saturated carbocycles. The van der Waals surface area contributed by atoms with E-state index in [1.54, 1.807) is 0 Å². The van der Waals surface area contributed by atoms with E-state index in [0.29, 0.717) is 0 Å². The number of hydrogen-bond acceptors (Lipinski definition) is 1. The highest BCUT2D eigenvalue weighted by molar-refractivity contribution is 5.02. The average molecular weight is 97.2 g/mol. The first kappa shape index (κ1) is 4.85. The maximum absolute atomic E-state index is 3.84. The minimum Gasteiger partial charge on any atom is -0.315 e. The second kappa shape index (κ2) is 1.66. The van der Waals surface area contributed by atoms with E-state index in [1.165, 1.54) is 5.57 Å². The van der Waals surface area contributed by atoms with Gasteiger partial charge in [0.05, 0.1) is 0 Å². The second-order valence-electron chi connectivity index (χ2n) is 2.20. The Morgan fingerprint density at radius 2 is 2.29 bits per heavy atom. The van der Waals surface area contributed by atoms with E-state index in [1.807, 2.05) is 0 Å². The van der Waals surface area contributed by atoms with Gasteiger partial charge in [-0.3, -0.25) is 0 Å². The molecular weight excluding hydrogens is 86.1 g/mol. The molecule has 1 rings (SSSR count). The van der Waals surface area contributed by atoms with Crippen LogP contribution < -0.4 is 5.32 Å². The van der Waals surface area contributed by atoms with Crippen LogP contribution in [0, 0.1) is 5.92 Å². The van der Waals surface area contributed by atoms with Crippen LogP contribution in [0.2, 0.25) is 0 Å². The van der Waals surface area contributed by atoms with Crippen LogP contribution in [0.5, 0.6) is 0 Å². The van der Waals surface area contributed by atoms with Crippen LogP contribution in [-0.2, 0) is 0 Å². The third-order valence-electron chi connectivity index (χ3n) is 1.48. The fourth-order valence-electron chi connectivity index (χ4n) is 0.637. The van der Waals surface area contributed by atoms with Gasteiger partial charge in [-0.25, -0.2) is 0 Å². The second-order valence-corrected chi connectivity index (χ2v) is 2.20. The molecule has 1 aliphatic rings. The molecule has 0 bridgehead atoms. The van der Waals surface area contributed by atoms with Crippen molar-refractivity contribution < 1.29 is 0 Å². The van der Waals surface area contributed by atoms with E-state index in [-0.39, 0.29) is 0 Å². The monoisotopic (exact) mass is 97.1 g/mol. The molecule has 1 heterocycles. The third kappa shape index (κ3) is 0.829. The van der Waals surface area contributed by atoms with E-state index < -0.39 is 0 Å². The molecule has 0 aromatic carbocycles. The molecule has 7 heavy (non-hydrogen) atoms. The van der Waals surface area contributed by atoms with Crippen molar-refractivity contribution in [3.63, 3.8) is 0 Å². The summed E-state index contributed by atoms with van der Waals surface area (Å²) < 4.78 is 0. The molecule has 0 radical (unpaired) electrons. The molecular formula is C6H11N. The normalized spacial score (nSPS) is 21.3. The summed E-state index contributed by atoms with van der Waals surface area (Å²) in [6.45, 7) is 8.22. The molecule has 1 nitrogen and oxygen atoms in total. The van der Waals surface area contributed by atoms with Crippen molar-refractivity contribution in [2.24, 2.45) is 5.92 Å². The SMILES string of the molecule is C=C(C)C1CNC1. The summed E-state index contributed by atoms with van der Waals surface area (Å²) in [5, 5.41) is 3.18. The lowest BCUT2D eigenvalue weighted by Crippen LogP contribution is -2.42.